The van der Waals surface area contributed by atoms with Gasteiger partial charge in [-0.2, -0.15) is 0 Å². The summed E-state index contributed by atoms with van der Waals surface area (Å²) in [7, 11) is 0. The van der Waals surface area contributed by atoms with Gasteiger partial charge in [0.2, 0.25) is 0 Å². The fraction of sp³-hybridized carbons (Fsp3) is 0.0667. The van der Waals surface area contributed by atoms with E-state index < -0.39 is 5.41 Å². The highest BCUT2D eigenvalue weighted by molar-refractivity contribution is 5.87. The molecule has 1 nitrogen and oxygen atoms in total. The number of fused-ring (bicyclic) bond motifs is 5. The molecule has 1 unspecified atom stereocenters. The third kappa shape index (κ3) is 3.63. The highest BCUT2D eigenvalue weighted by Gasteiger charge is 2.46. The zero-order valence-electron chi connectivity index (χ0n) is 25.7. The molecule has 0 spiro atoms. The van der Waals surface area contributed by atoms with Gasteiger partial charge in [-0.1, -0.05) is 164 Å². The Bertz CT molecular complexity index is 2190. The van der Waals surface area contributed by atoms with Crippen LogP contribution in [0.1, 0.15) is 45.9 Å². The third-order valence-electron chi connectivity index (χ3n) is 10.3. The van der Waals surface area contributed by atoms with Gasteiger partial charge in [0.05, 0.1) is 5.41 Å². The summed E-state index contributed by atoms with van der Waals surface area (Å²) in [4.78, 5) is 0. The van der Waals surface area contributed by atoms with Crippen molar-refractivity contribution in [1.82, 2.24) is 0 Å². The number of benzene rings is 7. The van der Waals surface area contributed by atoms with Crippen LogP contribution in [0.15, 0.2) is 176 Å². The molecule has 7 aromatic carbocycles. The van der Waals surface area contributed by atoms with Gasteiger partial charge in [-0.05, 0) is 63.6 Å². The van der Waals surface area contributed by atoms with Crippen LogP contribution in [-0.4, -0.2) is 0 Å². The monoisotopic (exact) mass is 588 g/mol. The van der Waals surface area contributed by atoms with Crippen molar-refractivity contribution >= 4 is 0 Å². The summed E-state index contributed by atoms with van der Waals surface area (Å²) in [6, 6.07) is 63.8. The molecule has 7 aromatic rings. The maximum Gasteiger partial charge on any atom is 0.140 e. The molecule has 0 fully saturated rings. The Morgan fingerprint density at radius 1 is 0.391 bits per heavy atom. The van der Waals surface area contributed by atoms with Crippen molar-refractivity contribution in [2.75, 3.05) is 0 Å². The maximum atomic E-state index is 6.98. The Hall–Kier alpha value is -5.66. The van der Waals surface area contributed by atoms with E-state index in [0.29, 0.717) is 0 Å². The van der Waals surface area contributed by atoms with Gasteiger partial charge in [0.25, 0.3) is 0 Å². The molecule has 1 atom stereocenters. The first-order valence-corrected chi connectivity index (χ1v) is 16.0. The quantitative estimate of drug-likeness (QED) is 0.199. The minimum atomic E-state index is -0.547. The van der Waals surface area contributed by atoms with Crippen LogP contribution >= 0.6 is 0 Å². The Morgan fingerprint density at radius 2 is 0.913 bits per heavy atom. The number of rotatable bonds is 4. The maximum absolute atomic E-state index is 6.98. The highest BCUT2D eigenvalue weighted by atomic mass is 16.5. The molecule has 2 aliphatic rings. The van der Waals surface area contributed by atoms with E-state index in [1.165, 1.54) is 38.9 Å². The van der Waals surface area contributed by atoms with Crippen LogP contribution in [0, 0.1) is 0 Å². The van der Waals surface area contributed by atoms with Crippen LogP contribution < -0.4 is 4.74 Å². The summed E-state index contributed by atoms with van der Waals surface area (Å²) in [6.07, 6.45) is 0. The minimum absolute atomic E-state index is 0.274. The highest BCUT2D eigenvalue weighted by Crippen LogP contribution is 2.58. The molecule has 1 heteroatoms. The van der Waals surface area contributed by atoms with Crippen molar-refractivity contribution in [2.24, 2.45) is 0 Å². The van der Waals surface area contributed by atoms with Crippen LogP contribution in [0.2, 0.25) is 0 Å². The molecule has 0 N–H and O–H groups in total. The lowest BCUT2D eigenvalue weighted by molar-refractivity contribution is 0.436. The first kappa shape index (κ1) is 26.7. The first-order valence-electron chi connectivity index (χ1n) is 16.0. The van der Waals surface area contributed by atoms with E-state index in [-0.39, 0.29) is 5.41 Å². The molecular formula is C45H32O. The van der Waals surface area contributed by atoms with Gasteiger partial charge in [-0.25, -0.2) is 0 Å². The number of hydrogen-bond donors (Lipinski definition) is 0. The van der Waals surface area contributed by atoms with E-state index in [9.17, 15) is 0 Å². The van der Waals surface area contributed by atoms with Crippen molar-refractivity contribution in [1.29, 1.82) is 0 Å². The van der Waals surface area contributed by atoms with E-state index in [4.69, 9.17) is 4.74 Å². The van der Waals surface area contributed by atoms with Gasteiger partial charge in [-0.15, -0.1) is 0 Å². The number of hydrogen-bond acceptors (Lipinski definition) is 1. The molecule has 46 heavy (non-hydrogen) atoms. The van der Waals surface area contributed by atoms with E-state index in [1.807, 2.05) is 0 Å². The van der Waals surface area contributed by atoms with Gasteiger partial charge >= 0.3 is 0 Å². The van der Waals surface area contributed by atoms with Crippen molar-refractivity contribution in [3.63, 3.8) is 0 Å². The summed E-state index contributed by atoms with van der Waals surface area (Å²) in [6.45, 7) is 2.37. The molecule has 0 saturated carbocycles. The molecule has 1 aliphatic heterocycles. The average molecular weight is 589 g/mol. The first-order chi connectivity index (χ1) is 22.7. The lowest BCUT2D eigenvalue weighted by atomic mass is 9.63. The predicted octanol–water partition coefficient (Wildman–Crippen LogP) is 11.2. The fourth-order valence-electron chi connectivity index (χ4n) is 8.20. The predicted molar refractivity (Wildman–Crippen MR) is 188 cm³/mol. The van der Waals surface area contributed by atoms with Crippen LogP contribution in [-0.2, 0) is 10.8 Å². The molecule has 0 amide bonds. The Kier molecular flexibility index (Phi) is 5.92. The zero-order valence-corrected chi connectivity index (χ0v) is 25.7. The topological polar surface area (TPSA) is 9.23 Å². The van der Waals surface area contributed by atoms with Crippen molar-refractivity contribution in [2.45, 2.75) is 17.8 Å². The second-order valence-electron chi connectivity index (χ2n) is 12.6. The summed E-state index contributed by atoms with van der Waals surface area (Å²) >= 11 is 0. The van der Waals surface area contributed by atoms with Gasteiger partial charge in [-0.3, -0.25) is 0 Å². The van der Waals surface area contributed by atoms with E-state index in [0.717, 1.165) is 33.8 Å². The van der Waals surface area contributed by atoms with E-state index in [1.54, 1.807) is 0 Å². The largest absolute Gasteiger partial charge is 0.456 e. The summed E-state index contributed by atoms with van der Waals surface area (Å²) in [5.41, 5.74) is 12.7. The van der Waals surface area contributed by atoms with Crippen molar-refractivity contribution in [3.05, 3.63) is 215 Å². The van der Waals surface area contributed by atoms with Crippen LogP contribution in [0.3, 0.4) is 0 Å². The number of para-hydroxylation sites is 2. The average Bonchev–Trinajstić information content (AvgIpc) is 3.39. The standard InChI is InChI=1S/C45H32O/c1-44(32-16-5-2-6-17-32)38-24-12-11-22-36(38)37-29-28-31(30-41(37)44)35-23-15-26-40-43(35)46-42-27-14-13-25-39(42)45(40,33-18-7-3-8-19-33)34-20-9-4-10-21-34/h2-30H,1H3. The second-order valence-corrected chi connectivity index (χ2v) is 12.6. The van der Waals surface area contributed by atoms with Gasteiger partial charge < -0.3 is 4.74 Å². The van der Waals surface area contributed by atoms with E-state index >= 15 is 0 Å². The van der Waals surface area contributed by atoms with Crippen LogP contribution in [0.4, 0.5) is 0 Å². The molecule has 0 bridgehead atoms. The normalized spacial score (nSPS) is 16.8. The smallest absolute Gasteiger partial charge is 0.140 e. The molecule has 0 radical (unpaired) electrons. The second kappa shape index (κ2) is 10.2. The summed E-state index contributed by atoms with van der Waals surface area (Å²) < 4.78 is 6.98. The van der Waals surface area contributed by atoms with Crippen molar-refractivity contribution in [3.8, 4) is 33.8 Å². The van der Waals surface area contributed by atoms with Gasteiger partial charge in [0.1, 0.15) is 11.5 Å². The molecule has 9 rings (SSSR count). The third-order valence-corrected chi connectivity index (χ3v) is 10.3. The Balaban J connectivity index is 1.32. The molecular weight excluding hydrogens is 556 g/mol. The molecule has 1 heterocycles. The van der Waals surface area contributed by atoms with Gasteiger partial charge in [0, 0.05) is 22.1 Å². The van der Waals surface area contributed by atoms with E-state index in [2.05, 4.69) is 183 Å². The Labute approximate surface area is 270 Å². The summed E-state index contributed by atoms with van der Waals surface area (Å²) in [5.74, 6) is 1.80. The summed E-state index contributed by atoms with van der Waals surface area (Å²) in [5, 5.41) is 0. The molecule has 0 saturated heterocycles. The molecule has 1 aliphatic carbocycles. The minimum Gasteiger partial charge on any atom is -0.456 e. The zero-order chi connectivity index (χ0) is 30.7. The lowest BCUT2D eigenvalue weighted by Gasteiger charge is -2.42. The van der Waals surface area contributed by atoms with Crippen LogP contribution in [0.5, 0.6) is 11.5 Å². The molecule has 0 aromatic heterocycles. The van der Waals surface area contributed by atoms with Crippen LogP contribution in [0.25, 0.3) is 22.3 Å². The molecule has 218 valence electrons. The fourth-order valence-corrected chi connectivity index (χ4v) is 8.20. The SMILES string of the molecule is CC1(c2ccccc2)c2ccccc2-c2ccc(-c3cccc4c3Oc3ccccc3C4(c3ccccc3)c3ccccc3)cc21. The Morgan fingerprint density at radius 3 is 1.61 bits per heavy atom. The lowest BCUT2D eigenvalue weighted by Crippen LogP contribution is -2.34. The number of ether oxygens (including phenoxy) is 1. The van der Waals surface area contributed by atoms with Crippen molar-refractivity contribution < 1.29 is 4.74 Å². The van der Waals surface area contributed by atoms with Gasteiger partial charge in [0.15, 0.2) is 0 Å².